The predicted molar refractivity (Wildman–Crippen MR) is 70.2 cm³/mol. The van der Waals surface area contributed by atoms with Crippen LogP contribution in [0.15, 0.2) is 11.0 Å². The third-order valence-corrected chi connectivity index (χ3v) is 3.89. The van der Waals surface area contributed by atoms with E-state index in [1.807, 2.05) is 10.8 Å². The first-order valence-corrected chi connectivity index (χ1v) is 7.08. The van der Waals surface area contributed by atoms with Gasteiger partial charge in [-0.15, -0.1) is 0 Å². The first-order valence-electron chi connectivity index (χ1n) is 7.08. The Hall–Kier alpha value is -0.990. The summed E-state index contributed by atoms with van der Waals surface area (Å²) < 4.78 is 1.86. The minimum atomic E-state index is 0.0779. The summed E-state index contributed by atoms with van der Waals surface area (Å²) in [5, 5.41) is 0. The summed E-state index contributed by atoms with van der Waals surface area (Å²) in [7, 11) is 0. The van der Waals surface area contributed by atoms with Crippen molar-refractivity contribution in [2.45, 2.75) is 64.8 Å². The Balaban J connectivity index is 1.86. The molecular weight excluding hydrogens is 212 g/mol. The van der Waals surface area contributed by atoms with Gasteiger partial charge in [0.15, 0.2) is 0 Å². The number of nitrogens with zero attached hydrogens (tertiary/aromatic N) is 1. The third kappa shape index (κ3) is 3.48. The molecule has 1 aliphatic rings. The van der Waals surface area contributed by atoms with Crippen LogP contribution in [0.1, 0.15) is 57.6 Å². The monoisotopic (exact) mass is 236 g/mol. The van der Waals surface area contributed by atoms with Crippen LogP contribution in [-0.2, 0) is 13.0 Å². The molecule has 3 nitrogen and oxygen atoms in total. The Labute approximate surface area is 103 Å². The smallest absolute Gasteiger partial charge is 0.310 e. The Bertz CT molecular complexity index is 385. The highest BCUT2D eigenvalue weighted by atomic mass is 16.1. The van der Waals surface area contributed by atoms with E-state index >= 15 is 0 Å². The van der Waals surface area contributed by atoms with E-state index in [1.165, 1.54) is 38.5 Å². The van der Waals surface area contributed by atoms with Crippen LogP contribution in [0.5, 0.6) is 0 Å². The lowest BCUT2D eigenvalue weighted by atomic mass is 10.0. The summed E-state index contributed by atoms with van der Waals surface area (Å²) in [5.41, 5.74) is 1.18. The van der Waals surface area contributed by atoms with Gasteiger partial charge in [-0.2, -0.15) is 0 Å². The predicted octanol–water partition coefficient (Wildman–Crippen LogP) is 3.10. The molecule has 0 bridgehead atoms. The largest absolute Gasteiger partial charge is 0.325 e. The number of hydrogen-bond donors (Lipinski definition) is 1. The zero-order valence-electron chi connectivity index (χ0n) is 10.9. The molecule has 3 heteroatoms. The Morgan fingerprint density at radius 2 is 2.18 bits per heavy atom. The van der Waals surface area contributed by atoms with Gasteiger partial charge in [-0.3, -0.25) is 4.57 Å². The molecule has 1 saturated carbocycles. The quantitative estimate of drug-likeness (QED) is 0.809. The second kappa shape index (κ2) is 6.08. The lowest BCUT2D eigenvalue weighted by molar-refractivity contribution is 0.453. The van der Waals surface area contributed by atoms with Gasteiger partial charge in [0.05, 0.1) is 0 Å². The van der Waals surface area contributed by atoms with Crippen molar-refractivity contribution in [2.24, 2.45) is 5.92 Å². The summed E-state index contributed by atoms with van der Waals surface area (Å²) in [6.45, 7) is 3.07. The van der Waals surface area contributed by atoms with Gasteiger partial charge in [-0.25, -0.2) is 4.79 Å². The van der Waals surface area contributed by atoms with Crippen molar-refractivity contribution in [2.75, 3.05) is 0 Å². The summed E-state index contributed by atoms with van der Waals surface area (Å²) in [6.07, 6.45) is 12.0. The van der Waals surface area contributed by atoms with E-state index in [9.17, 15) is 4.79 Å². The molecule has 1 aliphatic carbocycles. The van der Waals surface area contributed by atoms with Crippen LogP contribution in [0, 0.1) is 5.92 Å². The number of imidazole rings is 1. The van der Waals surface area contributed by atoms with Crippen LogP contribution >= 0.6 is 0 Å². The maximum atomic E-state index is 11.7. The van der Waals surface area contributed by atoms with E-state index in [0.29, 0.717) is 0 Å². The van der Waals surface area contributed by atoms with Gasteiger partial charge in [0, 0.05) is 18.4 Å². The molecule has 0 unspecified atom stereocenters. The van der Waals surface area contributed by atoms with E-state index in [-0.39, 0.29) is 5.69 Å². The lowest BCUT2D eigenvalue weighted by Gasteiger charge is -2.07. The average Bonchev–Trinajstić information content (AvgIpc) is 2.93. The highest BCUT2D eigenvalue weighted by Gasteiger charge is 2.15. The van der Waals surface area contributed by atoms with Crippen molar-refractivity contribution in [1.82, 2.24) is 9.55 Å². The number of aromatic nitrogens is 2. The highest BCUT2D eigenvalue weighted by Crippen LogP contribution is 2.27. The van der Waals surface area contributed by atoms with E-state index in [1.54, 1.807) is 0 Å². The molecular formula is C14H24N2O. The van der Waals surface area contributed by atoms with Gasteiger partial charge in [-0.05, 0) is 25.2 Å². The highest BCUT2D eigenvalue weighted by molar-refractivity contribution is 4.97. The number of aromatic amines is 1. The molecule has 1 aromatic rings. The van der Waals surface area contributed by atoms with Gasteiger partial charge in [0.2, 0.25) is 0 Å². The number of rotatable bonds is 6. The SMILES string of the molecule is CCCCc1cn(CCC2CCCC2)c(=O)[nH]1. The van der Waals surface area contributed by atoms with Crippen LogP contribution in [0.2, 0.25) is 0 Å². The summed E-state index contributed by atoms with van der Waals surface area (Å²) >= 11 is 0. The number of unbranched alkanes of at least 4 members (excludes halogenated alkanes) is 1. The van der Waals surface area contributed by atoms with E-state index in [0.717, 1.165) is 31.0 Å². The minimum absolute atomic E-state index is 0.0779. The van der Waals surface area contributed by atoms with Gasteiger partial charge < -0.3 is 4.98 Å². The first kappa shape index (κ1) is 12.5. The van der Waals surface area contributed by atoms with Crippen LogP contribution in [0.3, 0.4) is 0 Å². The average molecular weight is 236 g/mol. The molecule has 0 saturated heterocycles. The van der Waals surface area contributed by atoms with Crippen LogP contribution in [-0.4, -0.2) is 9.55 Å². The number of aryl methyl sites for hydroxylation is 2. The molecule has 17 heavy (non-hydrogen) atoms. The van der Waals surface area contributed by atoms with Crippen LogP contribution < -0.4 is 5.69 Å². The third-order valence-electron chi connectivity index (χ3n) is 3.89. The van der Waals surface area contributed by atoms with E-state index in [4.69, 9.17) is 0 Å². The molecule has 1 N–H and O–H groups in total. The Morgan fingerprint density at radius 1 is 1.41 bits per heavy atom. The number of H-pyrrole nitrogens is 1. The molecule has 0 atom stereocenters. The Kier molecular flexibility index (Phi) is 4.46. The van der Waals surface area contributed by atoms with Gasteiger partial charge in [0.1, 0.15) is 0 Å². The topological polar surface area (TPSA) is 37.8 Å². The maximum Gasteiger partial charge on any atom is 0.325 e. The van der Waals surface area contributed by atoms with Crippen molar-refractivity contribution in [3.8, 4) is 0 Å². The first-order chi connectivity index (χ1) is 8.29. The van der Waals surface area contributed by atoms with Crippen molar-refractivity contribution in [1.29, 1.82) is 0 Å². The van der Waals surface area contributed by atoms with Crippen LogP contribution in [0.4, 0.5) is 0 Å². The minimum Gasteiger partial charge on any atom is -0.310 e. The second-order valence-electron chi connectivity index (χ2n) is 5.32. The molecule has 0 aliphatic heterocycles. The second-order valence-corrected chi connectivity index (χ2v) is 5.32. The fraction of sp³-hybridized carbons (Fsp3) is 0.786. The number of nitrogens with one attached hydrogen (secondary N) is 1. The molecule has 0 aromatic carbocycles. The zero-order valence-corrected chi connectivity index (χ0v) is 10.9. The standard InChI is InChI=1S/C14H24N2O/c1-2-3-8-13-11-16(14(17)15-13)10-9-12-6-4-5-7-12/h11-12H,2-10H2,1H3,(H,15,17). The molecule has 2 rings (SSSR count). The van der Waals surface area contributed by atoms with E-state index in [2.05, 4.69) is 11.9 Å². The number of hydrogen-bond acceptors (Lipinski definition) is 1. The molecule has 96 valence electrons. The summed E-state index contributed by atoms with van der Waals surface area (Å²) in [5.74, 6) is 0.857. The zero-order chi connectivity index (χ0) is 12.1. The fourth-order valence-electron chi connectivity index (χ4n) is 2.77. The maximum absolute atomic E-state index is 11.7. The Morgan fingerprint density at radius 3 is 2.88 bits per heavy atom. The normalized spacial score (nSPS) is 16.8. The molecule has 1 heterocycles. The van der Waals surface area contributed by atoms with Crippen LogP contribution in [0.25, 0.3) is 0 Å². The van der Waals surface area contributed by atoms with Gasteiger partial charge in [-0.1, -0.05) is 39.0 Å². The van der Waals surface area contributed by atoms with E-state index < -0.39 is 0 Å². The fourth-order valence-corrected chi connectivity index (χ4v) is 2.77. The van der Waals surface area contributed by atoms with Crippen molar-refractivity contribution in [3.63, 3.8) is 0 Å². The van der Waals surface area contributed by atoms with Gasteiger partial charge in [0.25, 0.3) is 0 Å². The van der Waals surface area contributed by atoms with Crippen molar-refractivity contribution < 1.29 is 0 Å². The molecule has 0 radical (unpaired) electrons. The van der Waals surface area contributed by atoms with Crippen molar-refractivity contribution in [3.05, 3.63) is 22.4 Å². The summed E-state index contributed by atoms with van der Waals surface area (Å²) in [6, 6.07) is 0. The molecule has 1 aromatic heterocycles. The van der Waals surface area contributed by atoms with Gasteiger partial charge >= 0.3 is 5.69 Å². The molecule has 0 amide bonds. The van der Waals surface area contributed by atoms with Crippen molar-refractivity contribution >= 4 is 0 Å². The summed E-state index contributed by atoms with van der Waals surface area (Å²) in [4.78, 5) is 14.7. The molecule has 1 fully saturated rings. The molecule has 0 spiro atoms. The lowest BCUT2D eigenvalue weighted by Crippen LogP contribution is -2.17.